The van der Waals surface area contributed by atoms with E-state index in [1.54, 1.807) is 0 Å². The third-order valence-electron chi connectivity index (χ3n) is 3.32. The molecule has 1 N–H and O–H groups in total. The lowest BCUT2D eigenvalue weighted by Gasteiger charge is -2.28. The second kappa shape index (κ2) is 4.20. The van der Waals surface area contributed by atoms with E-state index in [9.17, 15) is 4.79 Å². The van der Waals surface area contributed by atoms with Crippen LogP contribution in [0.1, 0.15) is 39.0 Å². The third-order valence-corrected chi connectivity index (χ3v) is 3.32. The molecule has 2 rings (SSSR count). The van der Waals surface area contributed by atoms with Crippen molar-refractivity contribution in [3.8, 4) is 0 Å². The summed E-state index contributed by atoms with van der Waals surface area (Å²) in [6, 6.07) is 0.536. The highest BCUT2D eigenvalue weighted by Crippen LogP contribution is 2.32. The predicted molar refractivity (Wildman–Crippen MR) is 56.1 cm³/mol. The number of hydrogen-bond acceptors (Lipinski definition) is 1. The number of nitrogens with one attached hydrogen (secondary N) is 1. The molecule has 1 saturated carbocycles. The lowest BCUT2D eigenvalue weighted by atomic mass is 10.1. The van der Waals surface area contributed by atoms with E-state index < -0.39 is 0 Å². The Morgan fingerprint density at radius 3 is 2.50 bits per heavy atom. The molecule has 1 saturated heterocycles. The monoisotopic (exact) mass is 196 g/mol. The number of likely N-dealkylation sites (tertiary alicyclic amines) is 1. The first-order valence-electron chi connectivity index (χ1n) is 5.83. The summed E-state index contributed by atoms with van der Waals surface area (Å²) in [5, 5.41) is 3.10. The SMILES string of the molecule is CC(NC(=O)N1CCCCC1)C1CC1. The summed E-state index contributed by atoms with van der Waals surface area (Å²) < 4.78 is 0. The van der Waals surface area contributed by atoms with Crippen molar-refractivity contribution in [1.82, 2.24) is 10.2 Å². The van der Waals surface area contributed by atoms with Crippen molar-refractivity contribution in [2.45, 2.75) is 45.1 Å². The molecular formula is C11H20N2O. The van der Waals surface area contributed by atoms with Gasteiger partial charge >= 0.3 is 6.03 Å². The standard InChI is InChI=1S/C11H20N2O/c1-9(10-5-6-10)12-11(14)13-7-3-2-4-8-13/h9-10H,2-8H2,1H3,(H,12,14). The van der Waals surface area contributed by atoms with Crippen molar-refractivity contribution in [2.24, 2.45) is 5.92 Å². The summed E-state index contributed by atoms with van der Waals surface area (Å²) in [5.74, 6) is 0.753. The van der Waals surface area contributed by atoms with E-state index in [4.69, 9.17) is 0 Å². The second-order valence-electron chi connectivity index (χ2n) is 4.62. The lowest BCUT2D eigenvalue weighted by Crippen LogP contribution is -2.46. The number of urea groups is 1. The highest BCUT2D eigenvalue weighted by atomic mass is 16.2. The van der Waals surface area contributed by atoms with Crippen molar-refractivity contribution in [1.29, 1.82) is 0 Å². The van der Waals surface area contributed by atoms with E-state index >= 15 is 0 Å². The highest BCUT2D eigenvalue weighted by molar-refractivity contribution is 5.74. The van der Waals surface area contributed by atoms with Gasteiger partial charge in [-0.25, -0.2) is 4.79 Å². The quantitative estimate of drug-likeness (QED) is 0.719. The maximum absolute atomic E-state index is 11.8. The van der Waals surface area contributed by atoms with Crippen LogP contribution >= 0.6 is 0 Å². The number of hydrogen-bond donors (Lipinski definition) is 1. The maximum atomic E-state index is 11.8. The summed E-state index contributed by atoms with van der Waals surface area (Å²) in [6.07, 6.45) is 6.21. The first-order chi connectivity index (χ1) is 6.77. The van der Waals surface area contributed by atoms with Crippen molar-refractivity contribution < 1.29 is 4.79 Å². The smallest absolute Gasteiger partial charge is 0.317 e. The topological polar surface area (TPSA) is 32.3 Å². The van der Waals surface area contributed by atoms with Gasteiger partial charge in [0.05, 0.1) is 0 Å². The maximum Gasteiger partial charge on any atom is 0.317 e. The van der Waals surface area contributed by atoms with E-state index in [1.807, 2.05) is 4.90 Å². The van der Waals surface area contributed by atoms with E-state index in [2.05, 4.69) is 12.2 Å². The molecule has 0 radical (unpaired) electrons. The molecule has 0 spiro atoms. The molecule has 1 heterocycles. The minimum Gasteiger partial charge on any atom is -0.335 e. The zero-order chi connectivity index (χ0) is 9.97. The summed E-state index contributed by atoms with van der Waals surface area (Å²) in [4.78, 5) is 13.7. The Hall–Kier alpha value is -0.730. The van der Waals surface area contributed by atoms with E-state index in [0.29, 0.717) is 6.04 Å². The summed E-state index contributed by atoms with van der Waals surface area (Å²) in [6.45, 7) is 4.02. The van der Waals surface area contributed by atoms with Crippen molar-refractivity contribution >= 4 is 6.03 Å². The van der Waals surface area contributed by atoms with Gasteiger partial charge in [0.15, 0.2) is 0 Å². The molecule has 0 bridgehead atoms. The van der Waals surface area contributed by atoms with Crippen LogP contribution in [0.15, 0.2) is 0 Å². The minimum absolute atomic E-state index is 0.157. The molecule has 2 fully saturated rings. The molecule has 14 heavy (non-hydrogen) atoms. The van der Waals surface area contributed by atoms with Crippen molar-refractivity contribution in [2.75, 3.05) is 13.1 Å². The summed E-state index contributed by atoms with van der Waals surface area (Å²) in [5.41, 5.74) is 0. The molecule has 1 atom stereocenters. The number of rotatable bonds is 2. The van der Waals surface area contributed by atoms with E-state index in [0.717, 1.165) is 19.0 Å². The van der Waals surface area contributed by atoms with Crippen LogP contribution in [-0.2, 0) is 0 Å². The first kappa shape index (κ1) is 9.81. The van der Waals surface area contributed by atoms with Crippen LogP contribution in [0.5, 0.6) is 0 Å². The zero-order valence-corrected chi connectivity index (χ0v) is 8.96. The molecule has 1 aliphatic heterocycles. The average Bonchev–Trinajstić information content (AvgIpc) is 3.02. The Morgan fingerprint density at radius 2 is 1.93 bits per heavy atom. The van der Waals surface area contributed by atoms with Crippen molar-refractivity contribution in [3.05, 3.63) is 0 Å². The van der Waals surface area contributed by atoms with E-state index in [1.165, 1.54) is 32.1 Å². The third kappa shape index (κ3) is 2.40. The fraction of sp³-hybridized carbons (Fsp3) is 0.909. The van der Waals surface area contributed by atoms with Crippen LogP contribution < -0.4 is 5.32 Å². The highest BCUT2D eigenvalue weighted by Gasteiger charge is 2.30. The van der Waals surface area contributed by atoms with Crippen LogP contribution in [0.2, 0.25) is 0 Å². The Balaban J connectivity index is 1.75. The largest absolute Gasteiger partial charge is 0.335 e. The predicted octanol–water partition coefficient (Wildman–Crippen LogP) is 1.98. The van der Waals surface area contributed by atoms with Gasteiger partial charge < -0.3 is 10.2 Å². The van der Waals surface area contributed by atoms with Crippen LogP contribution in [0.4, 0.5) is 4.79 Å². The summed E-state index contributed by atoms with van der Waals surface area (Å²) >= 11 is 0. The van der Waals surface area contributed by atoms with Gasteiger partial charge in [-0.1, -0.05) is 0 Å². The molecule has 0 aromatic rings. The molecule has 1 aliphatic carbocycles. The van der Waals surface area contributed by atoms with Gasteiger partial charge in [0, 0.05) is 19.1 Å². The van der Waals surface area contributed by atoms with Gasteiger partial charge in [-0.15, -0.1) is 0 Å². The lowest BCUT2D eigenvalue weighted by molar-refractivity contribution is 0.182. The van der Waals surface area contributed by atoms with Gasteiger partial charge in [-0.3, -0.25) is 0 Å². The molecular weight excluding hydrogens is 176 g/mol. The fourth-order valence-corrected chi connectivity index (χ4v) is 2.10. The number of nitrogens with zero attached hydrogens (tertiary/aromatic N) is 1. The van der Waals surface area contributed by atoms with Gasteiger partial charge in [-0.05, 0) is 44.9 Å². The van der Waals surface area contributed by atoms with Crippen molar-refractivity contribution in [3.63, 3.8) is 0 Å². The van der Waals surface area contributed by atoms with Crippen LogP contribution in [0.25, 0.3) is 0 Å². The Bertz CT molecular complexity index is 207. The zero-order valence-electron chi connectivity index (χ0n) is 8.96. The first-order valence-corrected chi connectivity index (χ1v) is 5.83. The normalized spacial score (nSPS) is 24.5. The molecule has 80 valence electrons. The van der Waals surface area contributed by atoms with Crippen LogP contribution in [0.3, 0.4) is 0 Å². The van der Waals surface area contributed by atoms with Gasteiger partial charge in [-0.2, -0.15) is 0 Å². The number of carbonyl (C=O) groups is 1. The molecule has 1 unspecified atom stereocenters. The molecule has 0 aromatic carbocycles. The Kier molecular flexibility index (Phi) is 2.94. The minimum atomic E-state index is 0.157. The molecule has 2 amide bonds. The van der Waals surface area contributed by atoms with E-state index in [-0.39, 0.29) is 6.03 Å². The summed E-state index contributed by atoms with van der Waals surface area (Å²) in [7, 11) is 0. The number of piperidine rings is 1. The molecule has 2 aliphatic rings. The molecule has 0 aromatic heterocycles. The second-order valence-corrected chi connectivity index (χ2v) is 4.62. The number of amides is 2. The van der Waals surface area contributed by atoms with Gasteiger partial charge in [0.1, 0.15) is 0 Å². The van der Waals surface area contributed by atoms with Crippen LogP contribution in [-0.4, -0.2) is 30.1 Å². The number of carbonyl (C=O) groups excluding carboxylic acids is 1. The fourth-order valence-electron chi connectivity index (χ4n) is 2.10. The average molecular weight is 196 g/mol. The van der Waals surface area contributed by atoms with Gasteiger partial charge in [0.25, 0.3) is 0 Å². The van der Waals surface area contributed by atoms with Gasteiger partial charge in [0.2, 0.25) is 0 Å². The Labute approximate surface area is 85.8 Å². The Morgan fingerprint density at radius 1 is 1.29 bits per heavy atom. The molecule has 3 heteroatoms. The molecule has 3 nitrogen and oxygen atoms in total. The van der Waals surface area contributed by atoms with Crippen LogP contribution in [0, 0.1) is 5.92 Å².